The number of benzene rings is 1. The van der Waals surface area contributed by atoms with Crippen LogP contribution >= 0.6 is 0 Å². The maximum Gasteiger partial charge on any atom is 0.325 e. The summed E-state index contributed by atoms with van der Waals surface area (Å²) in [7, 11) is 1.17. The largest absolute Gasteiger partial charge is 0.468 e. The third-order valence-electron chi connectivity index (χ3n) is 2.31. The highest BCUT2D eigenvalue weighted by Gasteiger charge is 2.20. The van der Waals surface area contributed by atoms with Gasteiger partial charge in [0.1, 0.15) is 6.54 Å². The standard InChI is InChI=1S/C13H14N2O5/c1-8(16)15-10-6-4-3-5-9(10)12(18)13(19)14-7-11(17)20-2/h3-6H,7H2,1-2H3,(H,14,19)(H,15,16). The minimum atomic E-state index is -0.951. The van der Waals surface area contributed by atoms with Gasteiger partial charge in [0, 0.05) is 6.92 Å². The number of amides is 2. The summed E-state index contributed by atoms with van der Waals surface area (Å²) in [5.41, 5.74) is 0.281. The normalized spacial score (nSPS) is 9.50. The third kappa shape index (κ3) is 4.20. The van der Waals surface area contributed by atoms with E-state index in [0.717, 1.165) is 0 Å². The quantitative estimate of drug-likeness (QED) is 0.452. The van der Waals surface area contributed by atoms with E-state index >= 15 is 0 Å². The van der Waals surface area contributed by atoms with Gasteiger partial charge < -0.3 is 15.4 Å². The van der Waals surface area contributed by atoms with Crippen molar-refractivity contribution in [3.05, 3.63) is 29.8 Å². The summed E-state index contributed by atoms with van der Waals surface area (Å²) in [5, 5.41) is 4.59. The van der Waals surface area contributed by atoms with Crippen LogP contribution in [0.2, 0.25) is 0 Å². The Morgan fingerprint density at radius 1 is 1.15 bits per heavy atom. The van der Waals surface area contributed by atoms with Gasteiger partial charge in [-0.05, 0) is 12.1 Å². The molecule has 0 aromatic heterocycles. The molecule has 1 aromatic rings. The first kappa shape index (κ1) is 15.4. The number of anilines is 1. The minimum absolute atomic E-state index is 0.0464. The van der Waals surface area contributed by atoms with E-state index in [1.54, 1.807) is 12.1 Å². The first-order chi connectivity index (χ1) is 9.45. The van der Waals surface area contributed by atoms with Crippen LogP contribution in [0.5, 0.6) is 0 Å². The van der Waals surface area contributed by atoms with E-state index in [2.05, 4.69) is 15.4 Å². The molecule has 20 heavy (non-hydrogen) atoms. The summed E-state index contributed by atoms with van der Waals surface area (Å²) in [6.07, 6.45) is 0. The highest BCUT2D eigenvalue weighted by atomic mass is 16.5. The van der Waals surface area contributed by atoms with Crippen molar-refractivity contribution < 1.29 is 23.9 Å². The average Bonchev–Trinajstić information content (AvgIpc) is 2.43. The molecule has 1 rings (SSSR count). The number of nitrogens with one attached hydrogen (secondary N) is 2. The lowest BCUT2D eigenvalue weighted by atomic mass is 10.1. The molecule has 0 saturated carbocycles. The third-order valence-corrected chi connectivity index (χ3v) is 2.31. The zero-order chi connectivity index (χ0) is 15.1. The van der Waals surface area contributed by atoms with Gasteiger partial charge >= 0.3 is 5.97 Å². The van der Waals surface area contributed by atoms with Gasteiger partial charge in [0.2, 0.25) is 5.91 Å². The van der Waals surface area contributed by atoms with Crippen LogP contribution in [0, 0.1) is 0 Å². The second kappa shape index (κ2) is 7.03. The van der Waals surface area contributed by atoms with Gasteiger partial charge in [-0.2, -0.15) is 0 Å². The van der Waals surface area contributed by atoms with Crippen LogP contribution in [0.4, 0.5) is 5.69 Å². The summed E-state index contributed by atoms with van der Waals surface area (Å²) in [6.45, 7) is 0.891. The molecule has 0 fully saturated rings. The van der Waals surface area contributed by atoms with E-state index in [1.165, 1.54) is 26.2 Å². The van der Waals surface area contributed by atoms with Crippen molar-refractivity contribution >= 4 is 29.3 Å². The number of ether oxygens (including phenoxy) is 1. The van der Waals surface area contributed by atoms with Crippen LogP contribution in [0.25, 0.3) is 0 Å². The second-order valence-electron chi connectivity index (χ2n) is 3.81. The minimum Gasteiger partial charge on any atom is -0.468 e. The van der Waals surface area contributed by atoms with Crippen LogP contribution in [0.15, 0.2) is 24.3 Å². The molecule has 0 saturated heterocycles. The van der Waals surface area contributed by atoms with Crippen LogP contribution in [0.3, 0.4) is 0 Å². The summed E-state index contributed by atoms with van der Waals surface area (Å²) >= 11 is 0. The van der Waals surface area contributed by atoms with E-state index in [0.29, 0.717) is 0 Å². The van der Waals surface area contributed by atoms with Crippen molar-refractivity contribution in [2.45, 2.75) is 6.92 Å². The molecule has 0 unspecified atom stereocenters. The summed E-state index contributed by atoms with van der Waals surface area (Å²) in [4.78, 5) is 45.5. The molecule has 7 heteroatoms. The number of carbonyl (C=O) groups excluding carboxylic acids is 4. The predicted octanol–water partition coefficient (Wildman–Crippen LogP) is 0.117. The van der Waals surface area contributed by atoms with E-state index in [1.807, 2.05) is 0 Å². The van der Waals surface area contributed by atoms with Crippen molar-refractivity contribution in [2.75, 3.05) is 19.0 Å². The molecule has 0 heterocycles. The molecule has 0 aliphatic heterocycles. The molecule has 0 spiro atoms. The zero-order valence-electron chi connectivity index (χ0n) is 11.1. The molecule has 0 aliphatic rings. The molecule has 0 atom stereocenters. The van der Waals surface area contributed by atoms with Crippen LogP contribution < -0.4 is 10.6 Å². The Morgan fingerprint density at radius 3 is 2.40 bits per heavy atom. The number of hydrogen-bond acceptors (Lipinski definition) is 5. The first-order valence-corrected chi connectivity index (χ1v) is 5.71. The predicted molar refractivity (Wildman–Crippen MR) is 70.1 cm³/mol. The van der Waals surface area contributed by atoms with E-state index < -0.39 is 24.2 Å². The van der Waals surface area contributed by atoms with Crippen molar-refractivity contribution in [2.24, 2.45) is 0 Å². The summed E-state index contributed by atoms with van der Waals surface area (Å²) in [5.74, 6) is -2.83. The van der Waals surface area contributed by atoms with Gasteiger partial charge in [-0.25, -0.2) is 0 Å². The Morgan fingerprint density at radius 2 is 1.80 bits per heavy atom. The number of Topliss-reactive ketones (excluding diaryl/α,β-unsaturated/α-hetero) is 1. The van der Waals surface area contributed by atoms with Gasteiger partial charge in [0.25, 0.3) is 11.7 Å². The Labute approximate surface area is 115 Å². The van der Waals surface area contributed by atoms with Crippen molar-refractivity contribution in [3.63, 3.8) is 0 Å². The smallest absolute Gasteiger partial charge is 0.325 e. The van der Waals surface area contributed by atoms with Crippen LogP contribution in [-0.4, -0.2) is 37.2 Å². The fourth-order valence-corrected chi connectivity index (χ4v) is 1.41. The SMILES string of the molecule is COC(=O)CNC(=O)C(=O)c1ccccc1NC(C)=O. The number of hydrogen-bond donors (Lipinski definition) is 2. The maximum absolute atomic E-state index is 11.9. The first-order valence-electron chi connectivity index (χ1n) is 5.71. The summed E-state index contributed by atoms with van der Waals surface area (Å²) < 4.78 is 4.34. The lowest BCUT2D eigenvalue weighted by Gasteiger charge is -2.08. The van der Waals surface area contributed by atoms with Crippen LogP contribution in [0.1, 0.15) is 17.3 Å². The number of rotatable bonds is 5. The zero-order valence-corrected chi connectivity index (χ0v) is 11.1. The monoisotopic (exact) mass is 278 g/mol. The Balaban J connectivity index is 2.83. The highest BCUT2D eigenvalue weighted by molar-refractivity contribution is 6.44. The molecule has 1 aromatic carbocycles. The molecule has 0 radical (unpaired) electrons. The van der Waals surface area contributed by atoms with Crippen LogP contribution in [-0.2, 0) is 19.1 Å². The van der Waals surface area contributed by atoms with E-state index in [-0.39, 0.29) is 17.2 Å². The fraction of sp³-hybridized carbons (Fsp3) is 0.231. The topological polar surface area (TPSA) is 102 Å². The van der Waals surface area contributed by atoms with Crippen molar-refractivity contribution in [1.29, 1.82) is 0 Å². The highest BCUT2D eigenvalue weighted by Crippen LogP contribution is 2.15. The van der Waals surface area contributed by atoms with Gasteiger partial charge in [-0.15, -0.1) is 0 Å². The van der Waals surface area contributed by atoms with E-state index in [4.69, 9.17) is 0 Å². The molecule has 2 N–H and O–H groups in total. The lowest BCUT2D eigenvalue weighted by Crippen LogP contribution is -2.35. The number of methoxy groups -OCH3 is 1. The number of esters is 1. The molecule has 7 nitrogen and oxygen atoms in total. The number of carbonyl (C=O) groups is 4. The second-order valence-corrected chi connectivity index (χ2v) is 3.81. The summed E-state index contributed by atoms with van der Waals surface area (Å²) in [6, 6.07) is 6.09. The maximum atomic E-state index is 11.9. The van der Waals surface area contributed by atoms with E-state index in [9.17, 15) is 19.2 Å². The van der Waals surface area contributed by atoms with Gasteiger partial charge in [0.15, 0.2) is 0 Å². The molecule has 106 valence electrons. The average molecular weight is 278 g/mol. The molecular formula is C13H14N2O5. The molecule has 0 aliphatic carbocycles. The number of para-hydroxylation sites is 1. The molecule has 0 bridgehead atoms. The number of ketones is 1. The fourth-order valence-electron chi connectivity index (χ4n) is 1.41. The van der Waals surface area contributed by atoms with Crippen molar-refractivity contribution in [1.82, 2.24) is 5.32 Å². The molecular weight excluding hydrogens is 264 g/mol. The Bertz CT molecular complexity index is 553. The Kier molecular flexibility index (Phi) is 5.40. The van der Waals surface area contributed by atoms with Gasteiger partial charge in [-0.1, -0.05) is 12.1 Å². The van der Waals surface area contributed by atoms with Gasteiger partial charge in [-0.3, -0.25) is 19.2 Å². The van der Waals surface area contributed by atoms with Crippen molar-refractivity contribution in [3.8, 4) is 0 Å². The van der Waals surface area contributed by atoms with Gasteiger partial charge in [0.05, 0.1) is 18.4 Å². The Hall–Kier alpha value is -2.70. The lowest BCUT2D eigenvalue weighted by molar-refractivity contribution is -0.140. The molecule has 2 amide bonds.